The van der Waals surface area contributed by atoms with E-state index < -0.39 is 5.97 Å². The number of carboxylic acid groups (broad SMARTS) is 1. The maximum Gasteiger partial charge on any atom is 0.335 e. The van der Waals surface area contributed by atoms with Gasteiger partial charge in [0.2, 0.25) is 0 Å². The lowest BCUT2D eigenvalue weighted by molar-refractivity contribution is -0.0149. The molecular weight excluding hydrogens is 258 g/mol. The lowest BCUT2D eigenvalue weighted by Crippen LogP contribution is -2.23. The highest BCUT2D eigenvalue weighted by Crippen LogP contribution is 2.16. The van der Waals surface area contributed by atoms with Gasteiger partial charge in [0.15, 0.2) is 0 Å². The summed E-state index contributed by atoms with van der Waals surface area (Å²) in [5.74, 6) is -1.29. The van der Waals surface area contributed by atoms with E-state index in [-0.39, 0.29) is 23.7 Å². The predicted molar refractivity (Wildman–Crippen MR) is 76.0 cm³/mol. The molecule has 0 aliphatic heterocycles. The number of carbonyl (C=O) groups excluding carboxylic acids is 1. The first-order valence-electron chi connectivity index (χ1n) is 6.33. The van der Waals surface area contributed by atoms with Crippen molar-refractivity contribution >= 4 is 11.9 Å². The summed E-state index contributed by atoms with van der Waals surface area (Å²) in [4.78, 5) is 24.5. The molecule has 0 bridgehead atoms. The summed E-state index contributed by atoms with van der Waals surface area (Å²) in [5, 5.41) is 9.12. The second kappa shape index (κ2) is 6.05. The summed E-state index contributed by atoms with van der Waals surface area (Å²) >= 11 is 0. The van der Waals surface area contributed by atoms with Gasteiger partial charge in [-0.2, -0.15) is 0 Å². The summed E-state index contributed by atoms with van der Waals surface area (Å²) in [7, 11) is 3.25. The Morgan fingerprint density at radius 2 is 1.70 bits per heavy atom. The van der Waals surface area contributed by atoms with Gasteiger partial charge >= 0.3 is 5.97 Å². The third kappa shape index (κ3) is 4.66. The standard InChI is InChI=1S/C15H21NO4/c1-15(2,3)20-9-10-6-11(13(17)16(4)5)8-12(7-10)14(18)19/h6-8H,9H2,1-5H3,(H,18,19). The average Bonchev–Trinajstić information content (AvgIpc) is 2.34. The maximum atomic E-state index is 12.0. The van der Waals surface area contributed by atoms with Crippen molar-refractivity contribution < 1.29 is 19.4 Å². The van der Waals surface area contributed by atoms with Crippen LogP contribution in [0.1, 0.15) is 47.1 Å². The molecule has 20 heavy (non-hydrogen) atoms. The summed E-state index contributed by atoms with van der Waals surface area (Å²) in [5.41, 5.74) is 0.781. The monoisotopic (exact) mass is 279 g/mol. The van der Waals surface area contributed by atoms with Crippen molar-refractivity contribution in [3.63, 3.8) is 0 Å². The summed E-state index contributed by atoms with van der Waals surface area (Å²) in [6.07, 6.45) is 0. The lowest BCUT2D eigenvalue weighted by Gasteiger charge is -2.20. The number of hydrogen-bond donors (Lipinski definition) is 1. The van der Waals surface area contributed by atoms with E-state index in [9.17, 15) is 9.59 Å². The number of rotatable bonds is 4. The van der Waals surface area contributed by atoms with Crippen LogP contribution in [0.15, 0.2) is 18.2 Å². The first-order chi connectivity index (χ1) is 9.10. The average molecular weight is 279 g/mol. The van der Waals surface area contributed by atoms with Crippen LogP contribution in [0.4, 0.5) is 0 Å². The Labute approximate surface area is 119 Å². The van der Waals surface area contributed by atoms with E-state index >= 15 is 0 Å². The molecule has 1 amide bonds. The highest BCUT2D eigenvalue weighted by Gasteiger charge is 2.15. The fourth-order valence-corrected chi connectivity index (χ4v) is 1.58. The Kier molecular flexibility index (Phi) is 4.89. The van der Waals surface area contributed by atoms with E-state index in [0.29, 0.717) is 11.1 Å². The third-order valence-electron chi connectivity index (χ3n) is 2.56. The SMILES string of the molecule is CN(C)C(=O)c1cc(COC(C)(C)C)cc(C(=O)O)c1. The van der Waals surface area contributed by atoms with Crippen LogP contribution >= 0.6 is 0 Å². The number of hydrogen-bond acceptors (Lipinski definition) is 3. The summed E-state index contributed by atoms with van der Waals surface area (Å²) in [6, 6.07) is 4.58. The smallest absolute Gasteiger partial charge is 0.335 e. The molecule has 1 aromatic rings. The van der Waals surface area contributed by atoms with Crippen LogP contribution in [0.25, 0.3) is 0 Å². The molecule has 0 spiro atoms. The predicted octanol–water partition coefficient (Wildman–Crippen LogP) is 2.40. The second-order valence-corrected chi connectivity index (χ2v) is 5.82. The number of benzene rings is 1. The molecule has 0 aliphatic rings. The molecule has 0 unspecified atom stereocenters. The molecule has 110 valence electrons. The van der Waals surface area contributed by atoms with Gasteiger partial charge in [-0.1, -0.05) is 0 Å². The Hall–Kier alpha value is -1.88. The molecule has 1 N–H and O–H groups in total. The van der Waals surface area contributed by atoms with Crippen molar-refractivity contribution in [2.24, 2.45) is 0 Å². The van der Waals surface area contributed by atoms with Gasteiger partial charge in [0, 0.05) is 19.7 Å². The fraction of sp³-hybridized carbons (Fsp3) is 0.467. The number of carboxylic acids is 1. The van der Waals surface area contributed by atoms with Crippen molar-refractivity contribution in [3.8, 4) is 0 Å². The van der Waals surface area contributed by atoms with Gasteiger partial charge < -0.3 is 14.7 Å². The molecule has 1 aromatic carbocycles. The van der Waals surface area contributed by atoms with Gasteiger partial charge in [-0.05, 0) is 44.5 Å². The van der Waals surface area contributed by atoms with Crippen LogP contribution in [0.2, 0.25) is 0 Å². The molecule has 5 nitrogen and oxygen atoms in total. The zero-order valence-electron chi connectivity index (χ0n) is 12.6. The molecule has 0 aromatic heterocycles. The molecule has 0 fully saturated rings. The number of nitrogens with zero attached hydrogens (tertiary/aromatic N) is 1. The summed E-state index contributed by atoms with van der Waals surface area (Å²) < 4.78 is 5.63. The van der Waals surface area contributed by atoms with Gasteiger partial charge in [-0.3, -0.25) is 4.79 Å². The molecular formula is C15H21NO4. The fourth-order valence-electron chi connectivity index (χ4n) is 1.58. The van der Waals surface area contributed by atoms with Crippen LogP contribution in [0, 0.1) is 0 Å². The van der Waals surface area contributed by atoms with Gasteiger partial charge in [0.25, 0.3) is 5.91 Å². The first kappa shape index (κ1) is 16.2. The minimum atomic E-state index is -1.06. The first-order valence-corrected chi connectivity index (χ1v) is 6.33. The third-order valence-corrected chi connectivity index (χ3v) is 2.56. The normalized spacial score (nSPS) is 11.2. The molecule has 0 radical (unpaired) electrons. The number of amides is 1. The van der Waals surface area contributed by atoms with Crippen molar-refractivity contribution in [1.82, 2.24) is 4.90 Å². The van der Waals surface area contributed by atoms with Crippen LogP contribution < -0.4 is 0 Å². The topological polar surface area (TPSA) is 66.8 Å². The second-order valence-electron chi connectivity index (χ2n) is 5.82. The molecule has 1 rings (SSSR count). The molecule has 0 saturated carbocycles. The molecule has 0 aliphatic carbocycles. The van der Waals surface area contributed by atoms with E-state index in [0.717, 1.165) is 0 Å². The number of ether oxygens (including phenoxy) is 1. The van der Waals surface area contributed by atoms with Crippen LogP contribution in [-0.4, -0.2) is 41.6 Å². The quantitative estimate of drug-likeness (QED) is 0.919. The Balaban J connectivity index is 3.11. The molecule has 0 saturated heterocycles. The number of aromatic carboxylic acids is 1. The van der Waals surface area contributed by atoms with Crippen molar-refractivity contribution in [3.05, 3.63) is 34.9 Å². The van der Waals surface area contributed by atoms with E-state index in [1.807, 2.05) is 20.8 Å². The van der Waals surface area contributed by atoms with Crippen LogP contribution in [-0.2, 0) is 11.3 Å². The minimum absolute atomic E-state index is 0.0882. The Morgan fingerprint density at radius 1 is 1.15 bits per heavy atom. The van der Waals surface area contributed by atoms with E-state index in [4.69, 9.17) is 9.84 Å². The van der Waals surface area contributed by atoms with Gasteiger partial charge in [0.05, 0.1) is 17.8 Å². The van der Waals surface area contributed by atoms with Crippen LogP contribution in [0.3, 0.4) is 0 Å². The zero-order valence-corrected chi connectivity index (χ0v) is 12.6. The van der Waals surface area contributed by atoms with Gasteiger partial charge in [0.1, 0.15) is 0 Å². The highest BCUT2D eigenvalue weighted by atomic mass is 16.5. The zero-order chi connectivity index (χ0) is 15.5. The largest absolute Gasteiger partial charge is 0.478 e. The molecule has 0 atom stereocenters. The summed E-state index contributed by atoms with van der Waals surface area (Å²) in [6.45, 7) is 6.01. The number of carbonyl (C=O) groups is 2. The van der Waals surface area contributed by atoms with E-state index in [1.54, 1.807) is 20.2 Å². The highest BCUT2D eigenvalue weighted by molar-refractivity contribution is 5.97. The van der Waals surface area contributed by atoms with Gasteiger partial charge in [-0.15, -0.1) is 0 Å². The lowest BCUT2D eigenvalue weighted by atomic mass is 10.0. The Morgan fingerprint density at radius 3 is 2.15 bits per heavy atom. The van der Waals surface area contributed by atoms with Gasteiger partial charge in [-0.25, -0.2) is 4.79 Å². The van der Waals surface area contributed by atoms with Crippen LogP contribution in [0.5, 0.6) is 0 Å². The Bertz CT molecular complexity index is 515. The molecule has 0 heterocycles. The minimum Gasteiger partial charge on any atom is -0.478 e. The van der Waals surface area contributed by atoms with Crippen molar-refractivity contribution in [2.75, 3.05) is 14.1 Å². The van der Waals surface area contributed by atoms with E-state index in [1.165, 1.54) is 17.0 Å². The molecule has 5 heteroatoms. The maximum absolute atomic E-state index is 12.0. The van der Waals surface area contributed by atoms with Crippen molar-refractivity contribution in [2.45, 2.75) is 33.0 Å². The van der Waals surface area contributed by atoms with E-state index in [2.05, 4.69) is 0 Å². The van der Waals surface area contributed by atoms with Crippen molar-refractivity contribution in [1.29, 1.82) is 0 Å².